The Morgan fingerprint density at radius 3 is 2.50 bits per heavy atom. The first-order chi connectivity index (χ1) is 5.45. The highest BCUT2D eigenvalue weighted by Crippen LogP contribution is 2.04. The summed E-state index contributed by atoms with van der Waals surface area (Å²) in [6.45, 7) is 7.31. The van der Waals surface area contributed by atoms with E-state index in [-0.39, 0.29) is 6.10 Å². The molecule has 0 rings (SSSR count). The van der Waals surface area contributed by atoms with Crippen molar-refractivity contribution in [1.82, 2.24) is 5.32 Å². The summed E-state index contributed by atoms with van der Waals surface area (Å²) in [7, 11) is 1.70. The van der Waals surface area contributed by atoms with Crippen LogP contribution in [0.4, 0.5) is 0 Å². The Morgan fingerprint density at radius 2 is 2.08 bits per heavy atom. The Labute approximate surface area is 75.1 Å². The number of methoxy groups -OCH3 is 1. The van der Waals surface area contributed by atoms with Gasteiger partial charge in [0, 0.05) is 13.7 Å². The molecule has 0 aromatic carbocycles. The van der Waals surface area contributed by atoms with Gasteiger partial charge in [-0.15, -0.1) is 0 Å². The van der Waals surface area contributed by atoms with Crippen LogP contribution in [-0.2, 0) is 4.74 Å². The average molecular weight is 175 g/mol. The predicted octanol–water partition coefficient (Wildman–Crippen LogP) is 0.772. The van der Waals surface area contributed by atoms with Crippen molar-refractivity contribution in [3.63, 3.8) is 0 Å². The number of aliphatic hydroxyl groups is 1. The van der Waals surface area contributed by atoms with Crippen LogP contribution < -0.4 is 5.32 Å². The number of rotatable bonds is 6. The van der Waals surface area contributed by atoms with Gasteiger partial charge in [0.15, 0.2) is 0 Å². The summed E-state index contributed by atoms with van der Waals surface area (Å²) in [5, 5.41) is 12.6. The van der Waals surface area contributed by atoms with E-state index in [0.29, 0.717) is 0 Å². The van der Waals surface area contributed by atoms with Crippen molar-refractivity contribution < 1.29 is 9.84 Å². The van der Waals surface area contributed by atoms with E-state index in [2.05, 4.69) is 5.32 Å². The molecule has 0 saturated heterocycles. The van der Waals surface area contributed by atoms with Crippen molar-refractivity contribution in [2.75, 3.05) is 20.2 Å². The molecule has 2 N–H and O–H groups in total. The van der Waals surface area contributed by atoms with E-state index in [1.165, 1.54) is 0 Å². The van der Waals surface area contributed by atoms with Gasteiger partial charge in [-0.3, -0.25) is 0 Å². The second-order valence-corrected chi connectivity index (χ2v) is 3.81. The predicted molar refractivity (Wildman–Crippen MR) is 50.3 cm³/mol. The maximum atomic E-state index is 9.37. The molecule has 0 fully saturated rings. The number of hydrogen-bond acceptors (Lipinski definition) is 3. The summed E-state index contributed by atoms with van der Waals surface area (Å²) in [5.41, 5.74) is -0.566. The fourth-order valence-electron chi connectivity index (χ4n) is 0.783. The van der Waals surface area contributed by atoms with Crippen LogP contribution in [0.3, 0.4) is 0 Å². The minimum atomic E-state index is -0.566. The zero-order valence-corrected chi connectivity index (χ0v) is 8.55. The van der Waals surface area contributed by atoms with Crippen molar-refractivity contribution in [2.24, 2.45) is 0 Å². The fourth-order valence-corrected chi connectivity index (χ4v) is 0.783. The quantitative estimate of drug-likeness (QED) is 0.586. The molecule has 0 heterocycles. The second kappa shape index (κ2) is 5.51. The third-order valence-electron chi connectivity index (χ3n) is 1.75. The summed E-state index contributed by atoms with van der Waals surface area (Å²) < 4.78 is 5.06. The van der Waals surface area contributed by atoms with E-state index in [0.717, 1.165) is 19.5 Å². The van der Waals surface area contributed by atoms with Crippen LogP contribution in [0.5, 0.6) is 0 Å². The lowest BCUT2D eigenvalue weighted by atomic mass is 10.1. The molecule has 0 aromatic rings. The van der Waals surface area contributed by atoms with Gasteiger partial charge in [-0.05, 0) is 33.7 Å². The minimum absolute atomic E-state index is 0.242. The van der Waals surface area contributed by atoms with Crippen molar-refractivity contribution in [2.45, 2.75) is 38.9 Å². The molecule has 0 aromatic heterocycles. The minimum Gasteiger partial charge on any atom is -0.390 e. The van der Waals surface area contributed by atoms with Gasteiger partial charge in [-0.2, -0.15) is 0 Å². The van der Waals surface area contributed by atoms with Gasteiger partial charge in [0.1, 0.15) is 0 Å². The molecule has 0 bridgehead atoms. The third-order valence-corrected chi connectivity index (χ3v) is 1.75. The van der Waals surface area contributed by atoms with Gasteiger partial charge in [-0.1, -0.05) is 0 Å². The van der Waals surface area contributed by atoms with Crippen molar-refractivity contribution in [3.05, 3.63) is 0 Å². The van der Waals surface area contributed by atoms with Crippen LogP contribution in [-0.4, -0.2) is 37.0 Å². The number of hydrogen-bond donors (Lipinski definition) is 2. The molecule has 1 atom stereocenters. The second-order valence-electron chi connectivity index (χ2n) is 3.81. The Kier molecular flexibility index (Phi) is 5.46. The fraction of sp³-hybridized carbons (Fsp3) is 1.00. The normalized spacial score (nSPS) is 14.8. The third kappa shape index (κ3) is 7.98. The van der Waals surface area contributed by atoms with Crippen molar-refractivity contribution in [1.29, 1.82) is 0 Å². The van der Waals surface area contributed by atoms with E-state index < -0.39 is 5.60 Å². The van der Waals surface area contributed by atoms with Crippen LogP contribution in [0.1, 0.15) is 27.2 Å². The molecule has 3 nitrogen and oxygen atoms in total. The number of ether oxygens (including phenoxy) is 1. The molecule has 0 aliphatic heterocycles. The summed E-state index contributed by atoms with van der Waals surface area (Å²) in [5.74, 6) is 0. The maximum Gasteiger partial charge on any atom is 0.0667 e. The summed E-state index contributed by atoms with van der Waals surface area (Å²) >= 11 is 0. The molecule has 0 amide bonds. The first-order valence-electron chi connectivity index (χ1n) is 4.41. The molecule has 74 valence electrons. The van der Waals surface area contributed by atoms with Crippen LogP contribution in [0.15, 0.2) is 0 Å². The van der Waals surface area contributed by atoms with E-state index in [1.807, 2.05) is 20.8 Å². The van der Waals surface area contributed by atoms with Crippen LogP contribution in [0, 0.1) is 0 Å². The summed E-state index contributed by atoms with van der Waals surface area (Å²) in [4.78, 5) is 0. The van der Waals surface area contributed by atoms with E-state index in [1.54, 1.807) is 7.11 Å². The Balaban J connectivity index is 3.22. The Morgan fingerprint density at radius 1 is 1.50 bits per heavy atom. The number of nitrogens with one attached hydrogen (secondary N) is 1. The average Bonchev–Trinajstić information content (AvgIpc) is 1.96. The summed E-state index contributed by atoms with van der Waals surface area (Å²) in [6.07, 6.45) is 1.01. The molecule has 0 spiro atoms. The standard InChI is InChI=1S/C9H21NO2/c1-8(12-4)7-10-6-5-9(2,3)11/h8,10-11H,5-7H2,1-4H3. The highest BCUT2D eigenvalue weighted by atomic mass is 16.5. The van der Waals surface area contributed by atoms with Crippen LogP contribution in [0.2, 0.25) is 0 Å². The Hall–Kier alpha value is -0.120. The van der Waals surface area contributed by atoms with Crippen molar-refractivity contribution in [3.8, 4) is 0 Å². The zero-order chi connectivity index (χ0) is 9.61. The lowest BCUT2D eigenvalue weighted by molar-refractivity contribution is 0.0681. The van der Waals surface area contributed by atoms with Gasteiger partial charge >= 0.3 is 0 Å². The molecule has 3 heteroatoms. The monoisotopic (exact) mass is 175 g/mol. The van der Waals surface area contributed by atoms with Crippen molar-refractivity contribution >= 4 is 0 Å². The van der Waals surface area contributed by atoms with Gasteiger partial charge in [0.2, 0.25) is 0 Å². The van der Waals surface area contributed by atoms with Gasteiger partial charge in [0.05, 0.1) is 11.7 Å². The van der Waals surface area contributed by atoms with E-state index in [4.69, 9.17) is 4.74 Å². The molecule has 0 saturated carbocycles. The molecule has 0 aliphatic carbocycles. The lowest BCUT2D eigenvalue weighted by Crippen LogP contribution is -2.31. The van der Waals surface area contributed by atoms with E-state index >= 15 is 0 Å². The molecule has 0 aliphatic rings. The molecule has 0 radical (unpaired) electrons. The van der Waals surface area contributed by atoms with Gasteiger partial charge in [0.25, 0.3) is 0 Å². The van der Waals surface area contributed by atoms with Crippen LogP contribution >= 0.6 is 0 Å². The smallest absolute Gasteiger partial charge is 0.0667 e. The first kappa shape index (κ1) is 11.9. The highest BCUT2D eigenvalue weighted by Gasteiger charge is 2.11. The maximum absolute atomic E-state index is 9.37. The Bertz CT molecular complexity index is 110. The molecule has 1 unspecified atom stereocenters. The largest absolute Gasteiger partial charge is 0.390 e. The van der Waals surface area contributed by atoms with E-state index in [9.17, 15) is 5.11 Å². The SMILES string of the molecule is COC(C)CNCCC(C)(C)O. The molecular formula is C9H21NO2. The molecule has 12 heavy (non-hydrogen) atoms. The zero-order valence-electron chi connectivity index (χ0n) is 8.55. The first-order valence-corrected chi connectivity index (χ1v) is 4.41. The topological polar surface area (TPSA) is 41.5 Å². The van der Waals surface area contributed by atoms with Gasteiger partial charge < -0.3 is 15.2 Å². The van der Waals surface area contributed by atoms with Gasteiger partial charge in [-0.25, -0.2) is 0 Å². The van der Waals surface area contributed by atoms with Crippen LogP contribution in [0.25, 0.3) is 0 Å². The highest BCUT2D eigenvalue weighted by molar-refractivity contribution is 4.66. The summed E-state index contributed by atoms with van der Waals surface area (Å²) in [6, 6.07) is 0. The lowest BCUT2D eigenvalue weighted by Gasteiger charge is -2.18. The molecular weight excluding hydrogens is 154 g/mol.